The van der Waals surface area contributed by atoms with E-state index in [4.69, 9.17) is 0 Å². The summed E-state index contributed by atoms with van der Waals surface area (Å²) < 4.78 is 76.5. The third-order valence-corrected chi connectivity index (χ3v) is 17.6. The predicted molar refractivity (Wildman–Crippen MR) is 207 cm³/mol. The molecule has 0 amide bonds. The Morgan fingerprint density at radius 1 is 0.902 bits per heavy atom. The Labute approximate surface area is 311 Å². The molecule has 5 aromatic rings. The normalized spacial score (nSPS) is 23.6. The summed E-state index contributed by atoms with van der Waals surface area (Å²) in [6.45, 7) is 7.82. The maximum atomic E-state index is 13.0. The van der Waals surface area contributed by atoms with Crippen molar-refractivity contribution in [3.63, 3.8) is 0 Å². The molecule has 1 fully saturated rings. The number of hydrogen-bond acceptors (Lipinski definition) is 4. The predicted octanol–water partition coefficient (Wildman–Crippen LogP) is 6.10. The van der Waals surface area contributed by atoms with Crippen LogP contribution < -0.4 is 13.5 Å². The van der Waals surface area contributed by atoms with E-state index < -0.39 is 25.6 Å². The van der Waals surface area contributed by atoms with Crippen molar-refractivity contribution in [1.82, 2.24) is 4.48 Å². The standard InChI is InChI=1S/C39H38N2O6S2Se2/c1-25-28(21-34-40(18-8-20-48(42,43)44)37-30-11-6-4-9-26(30)13-15-32(37)50-34)23-39(2,3)24-29(25)22-36-41(19-17-35(41)49(45,46)47)38-31-12-7-5-10-27(31)14-16-33(38)51-36/h4-7,9-16,21-22,35H,8,17-20,23-24H2,1-3H3/p+2. The zero-order valence-corrected chi connectivity index (χ0v) is 33.7. The molecule has 1 spiro atoms. The van der Waals surface area contributed by atoms with Gasteiger partial charge in [-0.25, -0.2) is 0 Å². The Hall–Kier alpha value is -2.89. The van der Waals surface area contributed by atoms with Crippen LogP contribution in [-0.4, -0.2) is 73.1 Å². The zero-order chi connectivity index (χ0) is 35.9. The second-order valence-electron chi connectivity index (χ2n) is 14.8. The van der Waals surface area contributed by atoms with E-state index in [1.807, 2.05) is 24.3 Å². The minimum atomic E-state index is -4.32. The number of aryl methyl sites for hydroxylation is 1. The molecule has 4 aromatic carbocycles. The average Bonchev–Trinajstić information content (AvgIpc) is 3.57. The quantitative estimate of drug-likeness (QED) is 0.0887. The van der Waals surface area contributed by atoms with Gasteiger partial charge in [0.15, 0.2) is 0 Å². The van der Waals surface area contributed by atoms with Gasteiger partial charge in [-0.2, -0.15) is 0 Å². The van der Waals surface area contributed by atoms with Crippen molar-refractivity contribution in [2.45, 2.75) is 58.4 Å². The molecule has 2 unspecified atom stereocenters. The summed E-state index contributed by atoms with van der Waals surface area (Å²) in [6.07, 6.45) is 7.00. The molecule has 1 aliphatic carbocycles. The number of rotatable bonds is 7. The van der Waals surface area contributed by atoms with Crippen LogP contribution in [0, 0.1) is 5.41 Å². The molecule has 1 aromatic heterocycles. The summed E-state index contributed by atoms with van der Waals surface area (Å²) in [4.78, 5) is 0. The third-order valence-electron chi connectivity index (χ3n) is 10.7. The molecule has 264 valence electrons. The molecular weight excluding hydrogens is 814 g/mol. The Bertz CT molecular complexity index is 2610. The van der Waals surface area contributed by atoms with Gasteiger partial charge in [-0.05, 0) is 0 Å². The van der Waals surface area contributed by atoms with Crippen LogP contribution in [0.2, 0.25) is 0 Å². The number of nitrogens with zero attached hydrogens (tertiary/aromatic N) is 2. The molecular formula is C39H40N2O6S2Se2+2. The third kappa shape index (κ3) is 6.22. The van der Waals surface area contributed by atoms with Gasteiger partial charge in [0.1, 0.15) is 0 Å². The second kappa shape index (κ2) is 12.6. The van der Waals surface area contributed by atoms with Crippen LogP contribution in [0.4, 0.5) is 5.69 Å². The van der Waals surface area contributed by atoms with Crippen molar-refractivity contribution in [3.05, 3.63) is 105 Å². The summed E-state index contributed by atoms with van der Waals surface area (Å²) >= 11 is -0.144. The van der Waals surface area contributed by atoms with Crippen molar-refractivity contribution in [3.8, 4) is 0 Å². The molecule has 51 heavy (non-hydrogen) atoms. The number of quaternary nitrogens is 1. The van der Waals surface area contributed by atoms with Gasteiger partial charge in [-0.3, -0.25) is 0 Å². The molecule has 12 heteroatoms. The fourth-order valence-corrected chi connectivity index (χ4v) is 15.6. The van der Waals surface area contributed by atoms with Gasteiger partial charge in [-0.1, -0.05) is 0 Å². The van der Waals surface area contributed by atoms with Gasteiger partial charge in [0, 0.05) is 0 Å². The number of fused-ring (bicyclic) bond motifs is 7. The Morgan fingerprint density at radius 2 is 1.59 bits per heavy atom. The molecule has 1 saturated heterocycles. The van der Waals surface area contributed by atoms with Crippen LogP contribution in [0.1, 0.15) is 51.0 Å². The van der Waals surface area contributed by atoms with Crippen LogP contribution in [0.15, 0.2) is 100 Å². The van der Waals surface area contributed by atoms with Crippen LogP contribution in [-0.2, 0) is 26.8 Å². The summed E-state index contributed by atoms with van der Waals surface area (Å²) in [5.74, 6) is -0.298. The van der Waals surface area contributed by atoms with E-state index in [0.717, 1.165) is 54.8 Å². The van der Waals surface area contributed by atoms with E-state index in [1.54, 1.807) is 0 Å². The molecule has 8 rings (SSSR count). The topological polar surface area (TPSA) is 113 Å². The first-order chi connectivity index (χ1) is 24.1. The molecule has 0 saturated carbocycles. The zero-order valence-electron chi connectivity index (χ0n) is 28.7. The molecule has 2 atom stereocenters. The van der Waals surface area contributed by atoms with Crippen molar-refractivity contribution in [1.29, 1.82) is 0 Å². The number of allylic oxidation sites excluding steroid dienone is 4. The van der Waals surface area contributed by atoms with E-state index in [0.29, 0.717) is 25.9 Å². The summed E-state index contributed by atoms with van der Waals surface area (Å²) in [6, 6.07) is 25.0. The van der Waals surface area contributed by atoms with Gasteiger partial charge < -0.3 is 0 Å². The van der Waals surface area contributed by atoms with Crippen molar-refractivity contribution >= 4 is 97.2 Å². The number of hydrogen-bond donors (Lipinski definition) is 2. The molecule has 0 bridgehead atoms. The van der Waals surface area contributed by atoms with E-state index in [1.165, 1.54) is 25.4 Å². The van der Waals surface area contributed by atoms with Gasteiger partial charge in [0.2, 0.25) is 0 Å². The average molecular weight is 855 g/mol. The van der Waals surface area contributed by atoms with Gasteiger partial charge in [0.05, 0.1) is 0 Å². The van der Waals surface area contributed by atoms with Crippen LogP contribution >= 0.6 is 0 Å². The molecule has 3 aliphatic rings. The Morgan fingerprint density at radius 3 is 2.27 bits per heavy atom. The first-order valence-corrected chi connectivity index (χ1v) is 23.6. The van der Waals surface area contributed by atoms with Gasteiger partial charge in [-0.15, -0.1) is 0 Å². The Balaban J connectivity index is 1.28. The summed E-state index contributed by atoms with van der Waals surface area (Å²) in [7, 11) is -8.41. The van der Waals surface area contributed by atoms with Crippen LogP contribution in [0.5, 0.6) is 0 Å². The Kier molecular flexibility index (Phi) is 8.69. The number of aromatic nitrogens is 1. The van der Waals surface area contributed by atoms with Crippen molar-refractivity contribution in [2.75, 3.05) is 12.3 Å². The van der Waals surface area contributed by atoms with E-state index in [2.05, 4.69) is 86.0 Å². The first-order valence-electron chi connectivity index (χ1n) is 17.1. The molecule has 2 aliphatic heterocycles. The summed E-state index contributed by atoms with van der Waals surface area (Å²) in [5, 5.41) is 3.45. The fourth-order valence-electron chi connectivity index (χ4n) is 8.34. The minimum absolute atomic E-state index is 0.0161. The molecule has 0 radical (unpaired) electrons. The van der Waals surface area contributed by atoms with Gasteiger partial charge >= 0.3 is 313 Å². The van der Waals surface area contributed by atoms with E-state index in [-0.39, 0.29) is 45.1 Å². The molecule has 3 heterocycles. The maximum absolute atomic E-state index is 13.0. The van der Waals surface area contributed by atoms with Crippen molar-refractivity contribution < 1.29 is 30.5 Å². The monoisotopic (exact) mass is 856 g/mol. The first kappa shape index (κ1) is 35.2. The van der Waals surface area contributed by atoms with E-state index >= 15 is 0 Å². The van der Waals surface area contributed by atoms with Crippen LogP contribution in [0.3, 0.4) is 0 Å². The SMILES string of the molecule is CC1=C(C=C2[Se]c3ccc4ccccc4c3[N+]23CCC3S(=O)(=O)O)CC(C)(C)CC1=Cc1[se]c2ccc3ccccc3c2[n+]1CCCS(=O)(=O)O. The fraction of sp³-hybridized carbons (Fsp3) is 0.308. The molecule has 2 N–H and O–H groups in total. The van der Waals surface area contributed by atoms with Crippen molar-refractivity contribution in [2.24, 2.45) is 5.41 Å². The summed E-state index contributed by atoms with van der Waals surface area (Å²) in [5.41, 5.74) is 5.67. The van der Waals surface area contributed by atoms with E-state index in [9.17, 15) is 25.9 Å². The number of benzene rings is 4. The van der Waals surface area contributed by atoms with Crippen LogP contribution in [0.25, 0.3) is 37.4 Å². The molecule has 8 nitrogen and oxygen atoms in total. The second-order valence-corrected chi connectivity index (χ2v) is 22.4. The van der Waals surface area contributed by atoms with Gasteiger partial charge in [0.25, 0.3) is 0 Å².